The van der Waals surface area contributed by atoms with Crippen molar-refractivity contribution >= 4 is 28.5 Å². The van der Waals surface area contributed by atoms with E-state index in [0.717, 1.165) is 17.7 Å². The van der Waals surface area contributed by atoms with E-state index in [1.54, 1.807) is 44.2 Å². The van der Waals surface area contributed by atoms with E-state index in [9.17, 15) is 18.7 Å². The SMILES string of the molecule is CC[NH+]1C/C(=C\c2cc(C)c(OC(F)F)c(C)c2)c2nc3ccccc3c(C(=O)[O-])c2C1. The number of hydrogen-bond acceptors (Lipinski definition) is 4. The Labute approximate surface area is 185 Å². The number of nitrogens with one attached hydrogen (secondary N) is 1. The van der Waals surface area contributed by atoms with E-state index in [-0.39, 0.29) is 11.3 Å². The number of likely N-dealkylation sites (N-methyl/N-ethyl adjacent to an activating group) is 1. The molecule has 1 aliphatic heterocycles. The van der Waals surface area contributed by atoms with Gasteiger partial charge in [-0.25, -0.2) is 4.98 Å². The molecule has 1 aromatic heterocycles. The summed E-state index contributed by atoms with van der Waals surface area (Å²) >= 11 is 0. The first kappa shape index (κ1) is 21.9. The number of aromatic nitrogens is 1. The molecule has 0 radical (unpaired) electrons. The number of hydrogen-bond donors (Lipinski definition) is 1. The summed E-state index contributed by atoms with van der Waals surface area (Å²) in [6.45, 7) is 4.66. The first-order chi connectivity index (χ1) is 15.3. The summed E-state index contributed by atoms with van der Waals surface area (Å²) in [6.07, 6.45) is 1.96. The van der Waals surface area contributed by atoms with Crippen molar-refractivity contribution in [2.45, 2.75) is 33.9 Å². The average molecular weight is 438 g/mol. The van der Waals surface area contributed by atoms with Crippen molar-refractivity contribution in [3.8, 4) is 5.75 Å². The number of rotatable bonds is 5. The Morgan fingerprint density at radius 3 is 2.53 bits per heavy atom. The molecule has 2 aromatic carbocycles. The summed E-state index contributed by atoms with van der Waals surface area (Å²) < 4.78 is 30.1. The third kappa shape index (κ3) is 4.08. The van der Waals surface area contributed by atoms with Crippen LogP contribution in [0, 0.1) is 13.8 Å². The highest BCUT2D eigenvalue weighted by atomic mass is 19.3. The molecule has 32 heavy (non-hydrogen) atoms. The molecule has 2 heterocycles. The van der Waals surface area contributed by atoms with Gasteiger partial charge in [0.25, 0.3) is 0 Å². The minimum Gasteiger partial charge on any atom is -0.545 e. The number of nitrogens with zero attached hydrogens (tertiary/aromatic N) is 1. The normalized spacial score (nSPS) is 17.1. The summed E-state index contributed by atoms with van der Waals surface area (Å²) in [4.78, 5) is 18.1. The van der Waals surface area contributed by atoms with Crippen LogP contribution >= 0.6 is 0 Å². The molecule has 4 rings (SSSR count). The number of aromatic carboxylic acids is 1. The van der Waals surface area contributed by atoms with Gasteiger partial charge in [-0.2, -0.15) is 8.78 Å². The van der Waals surface area contributed by atoms with Gasteiger partial charge in [0.05, 0.1) is 23.7 Å². The van der Waals surface area contributed by atoms with Crippen molar-refractivity contribution in [2.24, 2.45) is 0 Å². The van der Waals surface area contributed by atoms with Crippen molar-refractivity contribution in [1.29, 1.82) is 0 Å². The zero-order valence-corrected chi connectivity index (χ0v) is 18.2. The van der Waals surface area contributed by atoms with Crippen molar-refractivity contribution in [3.63, 3.8) is 0 Å². The summed E-state index contributed by atoms with van der Waals surface area (Å²) in [5, 5.41) is 12.7. The van der Waals surface area contributed by atoms with Gasteiger partial charge in [-0.3, -0.25) is 0 Å². The lowest BCUT2D eigenvalue weighted by Gasteiger charge is -2.29. The number of carbonyl (C=O) groups is 1. The van der Waals surface area contributed by atoms with Crippen LogP contribution in [0.3, 0.4) is 0 Å². The van der Waals surface area contributed by atoms with Crippen LogP contribution in [0.2, 0.25) is 0 Å². The average Bonchev–Trinajstić information content (AvgIpc) is 2.74. The zero-order valence-electron chi connectivity index (χ0n) is 18.2. The monoisotopic (exact) mass is 438 g/mol. The van der Waals surface area contributed by atoms with Gasteiger partial charge in [-0.05, 0) is 61.7 Å². The molecule has 0 bridgehead atoms. The predicted octanol–water partition coefficient (Wildman–Crippen LogP) is 2.78. The van der Waals surface area contributed by atoms with Gasteiger partial charge in [0.1, 0.15) is 18.8 Å². The van der Waals surface area contributed by atoms with E-state index in [0.29, 0.717) is 46.4 Å². The number of aryl methyl sites for hydroxylation is 2. The first-order valence-electron chi connectivity index (χ1n) is 10.5. The van der Waals surface area contributed by atoms with Gasteiger partial charge in [0, 0.05) is 22.1 Å². The second kappa shape index (κ2) is 8.67. The molecule has 5 nitrogen and oxygen atoms in total. The quantitative estimate of drug-likeness (QED) is 0.665. The van der Waals surface area contributed by atoms with Crippen LogP contribution in [0.1, 0.15) is 45.2 Å². The molecule has 0 saturated carbocycles. The number of halogens is 2. The number of fused-ring (bicyclic) bond motifs is 2. The molecule has 0 fully saturated rings. The number of carbonyl (C=O) groups excluding carboxylic acids is 1. The number of para-hydroxylation sites is 1. The van der Waals surface area contributed by atoms with Crippen LogP contribution in [0.5, 0.6) is 5.75 Å². The maximum atomic E-state index is 12.7. The van der Waals surface area contributed by atoms with Crippen LogP contribution in [0.15, 0.2) is 36.4 Å². The number of ether oxygens (including phenoxy) is 1. The van der Waals surface area contributed by atoms with Crippen LogP contribution in [-0.4, -0.2) is 30.7 Å². The minimum absolute atomic E-state index is 0.176. The molecule has 1 N–H and O–H groups in total. The summed E-state index contributed by atoms with van der Waals surface area (Å²) in [6, 6.07) is 10.7. The molecule has 0 spiro atoms. The van der Waals surface area contributed by atoms with E-state index in [4.69, 9.17) is 4.98 Å². The fourth-order valence-corrected chi connectivity index (χ4v) is 4.50. The van der Waals surface area contributed by atoms with Gasteiger partial charge in [-0.1, -0.05) is 18.2 Å². The number of carboxylic acid groups (broad SMARTS) is 1. The molecular weight excluding hydrogens is 414 g/mol. The molecule has 0 aliphatic carbocycles. The van der Waals surface area contributed by atoms with Crippen LogP contribution in [0.25, 0.3) is 22.6 Å². The standard InChI is InChI=1S/C25H24F2N2O3/c1-4-29-12-17(11-16-9-14(2)23(15(3)10-16)32-25(26)27)22-19(13-29)21(24(30)31)18-7-5-6-8-20(18)28-22/h5-11,25H,4,12-13H2,1-3H3,(H,30,31)/b17-11+. The number of quaternary nitrogens is 1. The lowest BCUT2D eigenvalue weighted by atomic mass is 9.91. The van der Waals surface area contributed by atoms with E-state index in [1.165, 1.54) is 4.90 Å². The number of pyridine rings is 1. The third-order valence-corrected chi connectivity index (χ3v) is 5.90. The Morgan fingerprint density at radius 1 is 1.22 bits per heavy atom. The van der Waals surface area contributed by atoms with E-state index in [2.05, 4.69) is 11.7 Å². The Morgan fingerprint density at radius 2 is 1.91 bits per heavy atom. The van der Waals surface area contributed by atoms with Gasteiger partial charge in [-0.15, -0.1) is 0 Å². The highest BCUT2D eigenvalue weighted by molar-refractivity contribution is 6.05. The van der Waals surface area contributed by atoms with Crippen LogP contribution < -0.4 is 14.7 Å². The van der Waals surface area contributed by atoms with Crippen molar-refractivity contribution in [3.05, 3.63) is 69.9 Å². The molecule has 3 aromatic rings. The molecule has 7 heteroatoms. The fraction of sp³-hybridized carbons (Fsp3) is 0.280. The smallest absolute Gasteiger partial charge is 0.387 e. The number of benzene rings is 2. The van der Waals surface area contributed by atoms with Crippen molar-refractivity contribution < 1.29 is 28.3 Å². The largest absolute Gasteiger partial charge is 0.545 e. The predicted molar refractivity (Wildman–Crippen MR) is 117 cm³/mol. The Balaban J connectivity index is 1.90. The highest BCUT2D eigenvalue weighted by Crippen LogP contribution is 2.32. The first-order valence-corrected chi connectivity index (χ1v) is 10.5. The number of carboxylic acids is 1. The molecule has 1 unspecified atom stereocenters. The van der Waals surface area contributed by atoms with Gasteiger partial charge >= 0.3 is 6.61 Å². The minimum atomic E-state index is -2.89. The topological polar surface area (TPSA) is 66.7 Å². The number of alkyl halides is 2. The maximum Gasteiger partial charge on any atom is 0.387 e. The second-order valence-electron chi connectivity index (χ2n) is 8.11. The molecular formula is C25H24F2N2O3. The Hall–Kier alpha value is -3.32. The Kier molecular flexibility index (Phi) is 5.93. The zero-order chi connectivity index (χ0) is 23.0. The summed E-state index contributed by atoms with van der Waals surface area (Å²) in [7, 11) is 0. The van der Waals surface area contributed by atoms with Crippen LogP contribution in [0.4, 0.5) is 8.78 Å². The van der Waals surface area contributed by atoms with Crippen LogP contribution in [-0.2, 0) is 6.54 Å². The van der Waals surface area contributed by atoms with Gasteiger partial charge in [0.2, 0.25) is 0 Å². The molecule has 0 amide bonds. The van der Waals surface area contributed by atoms with E-state index >= 15 is 0 Å². The van der Waals surface area contributed by atoms with E-state index in [1.807, 2.05) is 12.1 Å². The van der Waals surface area contributed by atoms with Gasteiger partial charge in [0.15, 0.2) is 0 Å². The van der Waals surface area contributed by atoms with Crippen molar-refractivity contribution in [2.75, 3.05) is 13.1 Å². The Bertz CT molecular complexity index is 1210. The highest BCUT2D eigenvalue weighted by Gasteiger charge is 2.28. The lowest BCUT2D eigenvalue weighted by Crippen LogP contribution is -3.11. The molecule has 1 atom stereocenters. The maximum absolute atomic E-state index is 12.7. The second-order valence-corrected chi connectivity index (χ2v) is 8.11. The summed E-state index contributed by atoms with van der Waals surface area (Å²) in [5.74, 6) is -1.04. The van der Waals surface area contributed by atoms with Crippen molar-refractivity contribution in [1.82, 2.24) is 4.98 Å². The summed E-state index contributed by atoms with van der Waals surface area (Å²) in [5.41, 5.74) is 5.05. The lowest BCUT2D eigenvalue weighted by molar-refractivity contribution is -0.905. The molecule has 166 valence electrons. The third-order valence-electron chi connectivity index (χ3n) is 5.90. The van der Waals surface area contributed by atoms with E-state index < -0.39 is 12.6 Å². The molecule has 0 saturated heterocycles. The molecule has 1 aliphatic rings. The fourth-order valence-electron chi connectivity index (χ4n) is 4.50. The van der Waals surface area contributed by atoms with Gasteiger partial charge < -0.3 is 19.5 Å².